The number of nitrogens with one attached hydrogen (secondary N) is 1. The number of hydrogen-bond donors (Lipinski definition) is 1. The van der Waals surface area contributed by atoms with Gasteiger partial charge in [-0.15, -0.1) is 11.3 Å². The Kier molecular flexibility index (Phi) is 5.52. The Hall–Kier alpha value is -0.970. The van der Waals surface area contributed by atoms with Crippen LogP contribution in [-0.4, -0.2) is 11.5 Å². The van der Waals surface area contributed by atoms with Gasteiger partial charge in [0, 0.05) is 22.0 Å². The van der Waals surface area contributed by atoms with Crippen molar-refractivity contribution < 1.29 is 4.39 Å². The summed E-state index contributed by atoms with van der Waals surface area (Å²) in [6.45, 7) is 5.88. The van der Waals surface area contributed by atoms with Crippen molar-refractivity contribution >= 4 is 22.9 Å². The fraction of sp³-hybridized carbons (Fsp3) is 0.400. The maximum atomic E-state index is 13.9. The predicted molar refractivity (Wildman–Crippen MR) is 83.9 cm³/mol. The fourth-order valence-electron chi connectivity index (χ4n) is 1.97. The van der Waals surface area contributed by atoms with E-state index in [0.29, 0.717) is 15.6 Å². The standard InChI is InChI=1S/C15H18ClFN2S/c1-3-5-13-14(9-18-4-2)20-15(19-13)11-8-10(16)6-7-12(11)17/h6-8,18H,3-5,9H2,1-2H3. The zero-order valence-electron chi connectivity index (χ0n) is 11.7. The van der Waals surface area contributed by atoms with Crippen LogP contribution in [0, 0.1) is 5.82 Å². The third kappa shape index (κ3) is 3.57. The average molecular weight is 313 g/mol. The minimum absolute atomic E-state index is 0.277. The molecule has 2 nitrogen and oxygen atoms in total. The number of hydrogen-bond acceptors (Lipinski definition) is 3. The minimum atomic E-state index is -0.277. The lowest BCUT2D eigenvalue weighted by molar-refractivity contribution is 0.631. The number of halogens is 2. The SMILES string of the molecule is CCCc1nc(-c2cc(Cl)ccc2F)sc1CNCC. The topological polar surface area (TPSA) is 24.9 Å². The summed E-state index contributed by atoms with van der Waals surface area (Å²) in [6.07, 6.45) is 1.94. The van der Waals surface area contributed by atoms with Gasteiger partial charge in [0.05, 0.1) is 5.69 Å². The van der Waals surface area contributed by atoms with Gasteiger partial charge in [0.15, 0.2) is 0 Å². The van der Waals surface area contributed by atoms with E-state index in [0.717, 1.165) is 31.6 Å². The lowest BCUT2D eigenvalue weighted by atomic mass is 10.2. The Morgan fingerprint density at radius 3 is 2.85 bits per heavy atom. The molecule has 2 aromatic rings. The first-order valence-electron chi connectivity index (χ1n) is 6.80. The summed E-state index contributed by atoms with van der Waals surface area (Å²) in [5.41, 5.74) is 1.55. The van der Waals surface area contributed by atoms with Gasteiger partial charge in [-0.1, -0.05) is 31.9 Å². The maximum absolute atomic E-state index is 13.9. The van der Waals surface area contributed by atoms with E-state index in [1.165, 1.54) is 10.9 Å². The number of nitrogens with zero attached hydrogens (tertiary/aromatic N) is 1. The van der Waals surface area contributed by atoms with E-state index < -0.39 is 0 Å². The Morgan fingerprint density at radius 2 is 2.15 bits per heavy atom. The summed E-state index contributed by atoms with van der Waals surface area (Å²) in [5, 5.41) is 4.54. The van der Waals surface area contributed by atoms with Gasteiger partial charge in [-0.05, 0) is 31.2 Å². The lowest BCUT2D eigenvalue weighted by Crippen LogP contribution is -2.11. The van der Waals surface area contributed by atoms with E-state index in [1.807, 2.05) is 0 Å². The molecule has 0 spiro atoms. The highest BCUT2D eigenvalue weighted by atomic mass is 35.5. The Balaban J connectivity index is 2.38. The first-order valence-corrected chi connectivity index (χ1v) is 7.99. The maximum Gasteiger partial charge on any atom is 0.133 e. The molecule has 0 saturated heterocycles. The van der Waals surface area contributed by atoms with E-state index in [-0.39, 0.29) is 5.82 Å². The van der Waals surface area contributed by atoms with Crippen LogP contribution >= 0.6 is 22.9 Å². The minimum Gasteiger partial charge on any atom is -0.312 e. The number of rotatable bonds is 6. The molecule has 0 radical (unpaired) electrons. The molecule has 0 fully saturated rings. The van der Waals surface area contributed by atoms with E-state index in [9.17, 15) is 4.39 Å². The van der Waals surface area contributed by atoms with Crippen molar-refractivity contribution in [1.29, 1.82) is 0 Å². The summed E-state index contributed by atoms with van der Waals surface area (Å²) in [4.78, 5) is 5.79. The summed E-state index contributed by atoms with van der Waals surface area (Å²) < 4.78 is 13.9. The summed E-state index contributed by atoms with van der Waals surface area (Å²) >= 11 is 7.50. The molecule has 0 atom stereocenters. The van der Waals surface area contributed by atoms with Crippen molar-refractivity contribution in [1.82, 2.24) is 10.3 Å². The molecule has 5 heteroatoms. The zero-order valence-corrected chi connectivity index (χ0v) is 13.2. The Labute approximate surface area is 128 Å². The Bertz CT molecular complexity index is 583. The second-order valence-corrected chi connectivity index (χ2v) is 6.06. The predicted octanol–water partition coefficient (Wildman–Crippen LogP) is 4.66. The second-order valence-electron chi connectivity index (χ2n) is 4.54. The van der Waals surface area contributed by atoms with Crippen molar-refractivity contribution in [3.63, 3.8) is 0 Å². The van der Waals surface area contributed by atoms with Crippen LogP contribution in [0.4, 0.5) is 4.39 Å². The van der Waals surface area contributed by atoms with E-state index in [1.54, 1.807) is 23.5 Å². The number of benzene rings is 1. The molecule has 0 saturated carbocycles. The number of aryl methyl sites for hydroxylation is 1. The number of thiazole rings is 1. The van der Waals surface area contributed by atoms with Gasteiger partial charge in [-0.3, -0.25) is 0 Å². The molecule has 0 aliphatic rings. The second kappa shape index (κ2) is 7.16. The lowest BCUT2D eigenvalue weighted by Gasteiger charge is -2.00. The highest BCUT2D eigenvalue weighted by Gasteiger charge is 2.15. The van der Waals surface area contributed by atoms with Crippen LogP contribution in [0.3, 0.4) is 0 Å². The zero-order chi connectivity index (χ0) is 14.5. The molecule has 1 aromatic carbocycles. The van der Waals surface area contributed by atoms with Crippen molar-refractivity contribution in [3.8, 4) is 10.6 Å². The highest BCUT2D eigenvalue weighted by Crippen LogP contribution is 2.32. The molecule has 0 amide bonds. The van der Waals surface area contributed by atoms with Crippen LogP contribution in [0.1, 0.15) is 30.8 Å². The first-order chi connectivity index (χ1) is 9.65. The molecule has 108 valence electrons. The van der Waals surface area contributed by atoms with Gasteiger partial charge >= 0.3 is 0 Å². The summed E-state index contributed by atoms with van der Waals surface area (Å²) in [5.74, 6) is -0.277. The average Bonchev–Trinajstić information content (AvgIpc) is 2.82. The van der Waals surface area contributed by atoms with Crippen molar-refractivity contribution in [2.45, 2.75) is 33.2 Å². The third-order valence-corrected chi connectivity index (χ3v) is 4.33. The van der Waals surface area contributed by atoms with Gasteiger partial charge in [0.25, 0.3) is 0 Å². The summed E-state index contributed by atoms with van der Waals surface area (Å²) in [7, 11) is 0. The van der Waals surface area contributed by atoms with Crippen LogP contribution in [0.2, 0.25) is 5.02 Å². The molecular weight excluding hydrogens is 295 g/mol. The van der Waals surface area contributed by atoms with Crippen LogP contribution in [0.15, 0.2) is 18.2 Å². The molecule has 1 heterocycles. The molecule has 2 rings (SSSR count). The molecule has 20 heavy (non-hydrogen) atoms. The monoisotopic (exact) mass is 312 g/mol. The van der Waals surface area contributed by atoms with Crippen LogP contribution in [0.25, 0.3) is 10.6 Å². The fourth-order valence-corrected chi connectivity index (χ4v) is 3.24. The van der Waals surface area contributed by atoms with E-state index in [2.05, 4.69) is 24.1 Å². The third-order valence-electron chi connectivity index (χ3n) is 2.96. The highest BCUT2D eigenvalue weighted by molar-refractivity contribution is 7.15. The van der Waals surface area contributed by atoms with Gasteiger partial charge in [-0.2, -0.15) is 0 Å². The van der Waals surface area contributed by atoms with E-state index in [4.69, 9.17) is 11.6 Å². The molecule has 1 N–H and O–H groups in total. The Morgan fingerprint density at radius 1 is 1.35 bits per heavy atom. The first kappa shape index (κ1) is 15.4. The van der Waals surface area contributed by atoms with Crippen LogP contribution in [-0.2, 0) is 13.0 Å². The smallest absolute Gasteiger partial charge is 0.133 e. The van der Waals surface area contributed by atoms with Crippen molar-refractivity contribution in [3.05, 3.63) is 39.6 Å². The normalized spacial score (nSPS) is 11.0. The van der Waals surface area contributed by atoms with Gasteiger partial charge < -0.3 is 5.32 Å². The molecular formula is C15H18ClFN2S. The summed E-state index contributed by atoms with van der Waals surface area (Å²) in [6, 6.07) is 4.59. The van der Waals surface area contributed by atoms with Crippen LogP contribution in [0.5, 0.6) is 0 Å². The van der Waals surface area contributed by atoms with Gasteiger partial charge in [0.2, 0.25) is 0 Å². The van der Waals surface area contributed by atoms with Gasteiger partial charge in [-0.25, -0.2) is 9.37 Å². The molecule has 1 aromatic heterocycles. The number of aromatic nitrogens is 1. The van der Waals surface area contributed by atoms with Crippen molar-refractivity contribution in [2.75, 3.05) is 6.54 Å². The quantitative estimate of drug-likeness (QED) is 0.838. The van der Waals surface area contributed by atoms with Gasteiger partial charge in [0.1, 0.15) is 10.8 Å². The molecule has 0 unspecified atom stereocenters. The largest absolute Gasteiger partial charge is 0.312 e. The van der Waals surface area contributed by atoms with Crippen molar-refractivity contribution in [2.24, 2.45) is 0 Å². The molecule has 0 aliphatic carbocycles. The molecule has 0 aliphatic heterocycles. The van der Waals surface area contributed by atoms with Crippen LogP contribution < -0.4 is 5.32 Å². The molecule has 0 bridgehead atoms. The van der Waals surface area contributed by atoms with E-state index >= 15 is 0 Å².